The van der Waals surface area contributed by atoms with Crippen molar-refractivity contribution in [3.05, 3.63) is 23.9 Å². The molecule has 4 nitrogen and oxygen atoms in total. The number of hydrogen-bond acceptors (Lipinski definition) is 4. The van der Waals surface area contributed by atoms with E-state index in [-0.39, 0.29) is 0 Å². The van der Waals surface area contributed by atoms with Gasteiger partial charge in [-0.25, -0.2) is 4.98 Å². The van der Waals surface area contributed by atoms with Gasteiger partial charge in [0.1, 0.15) is 11.9 Å². The molecule has 1 aromatic rings. The van der Waals surface area contributed by atoms with Crippen molar-refractivity contribution in [2.24, 2.45) is 0 Å². The number of hydrogen-bond donors (Lipinski definition) is 0. The zero-order chi connectivity index (χ0) is 15.1. The molecule has 0 unspecified atom stereocenters. The predicted molar refractivity (Wildman–Crippen MR) is 82.0 cm³/mol. The van der Waals surface area contributed by atoms with Crippen LogP contribution < -0.4 is 4.90 Å². The lowest BCUT2D eigenvalue weighted by atomic mass is 10.0. The largest absolute Gasteiger partial charge is 0.357 e. The zero-order valence-corrected chi connectivity index (χ0v) is 12.6. The van der Waals surface area contributed by atoms with E-state index in [2.05, 4.69) is 20.9 Å². The Labute approximate surface area is 126 Å². The molecule has 5 heteroatoms. The SMILES string of the molecule is CF.N#Cc1ccc(N2CCC(N3CCCC3)CC2)nc1. The van der Waals surface area contributed by atoms with Crippen molar-refractivity contribution in [1.82, 2.24) is 9.88 Å². The molecule has 0 spiro atoms. The van der Waals surface area contributed by atoms with Crippen LogP contribution in [0, 0.1) is 11.3 Å². The lowest BCUT2D eigenvalue weighted by Gasteiger charge is -2.37. The lowest BCUT2D eigenvalue weighted by Crippen LogP contribution is -2.44. The van der Waals surface area contributed by atoms with Crippen molar-refractivity contribution >= 4 is 5.82 Å². The van der Waals surface area contributed by atoms with Crippen LogP contribution in [0.3, 0.4) is 0 Å². The maximum Gasteiger partial charge on any atom is 0.128 e. The number of aromatic nitrogens is 1. The number of pyridine rings is 1. The number of likely N-dealkylation sites (tertiary alicyclic amines) is 1. The van der Waals surface area contributed by atoms with Crippen LogP contribution in [0.1, 0.15) is 31.2 Å². The summed E-state index contributed by atoms with van der Waals surface area (Å²) in [5.74, 6) is 1.01. The molecule has 0 amide bonds. The van der Waals surface area contributed by atoms with Gasteiger partial charge in [0, 0.05) is 25.3 Å². The highest BCUT2D eigenvalue weighted by Crippen LogP contribution is 2.23. The van der Waals surface area contributed by atoms with Gasteiger partial charge in [-0.1, -0.05) is 0 Å². The molecule has 0 radical (unpaired) electrons. The minimum absolute atomic E-state index is 0.500. The molecular weight excluding hydrogens is 267 g/mol. The predicted octanol–water partition coefficient (Wildman–Crippen LogP) is 2.60. The summed E-state index contributed by atoms with van der Waals surface area (Å²) in [6.45, 7) is 4.75. The van der Waals surface area contributed by atoms with Crippen LogP contribution in [0.2, 0.25) is 0 Å². The van der Waals surface area contributed by atoms with Crippen LogP contribution >= 0.6 is 0 Å². The molecule has 21 heavy (non-hydrogen) atoms. The van der Waals surface area contributed by atoms with Gasteiger partial charge < -0.3 is 9.80 Å². The molecule has 0 N–H and O–H groups in total. The summed E-state index contributed by atoms with van der Waals surface area (Å²) in [6.07, 6.45) is 6.89. The van der Waals surface area contributed by atoms with Crippen LogP contribution in [-0.4, -0.2) is 49.3 Å². The Kier molecular flexibility index (Phi) is 5.94. The van der Waals surface area contributed by atoms with Crippen LogP contribution in [0.5, 0.6) is 0 Å². The highest BCUT2D eigenvalue weighted by molar-refractivity contribution is 5.42. The first-order valence-corrected chi connectivity index (χ1v) is 7.60. The molecule has 0 atom stereocenters. The number of alkyl halides is 1. The number of rotatable bonds is 2. The van der Waals surface area contributed by atoms with Crippen molar-refractivity contribution in [2.75, 3.05) is 38.3 Å². The Hall–Kier alpha value is -1.67. The smallest absolute Gasteiger partial charge is 0.128 e. The minimum atomic E-state index is 0.500. The normalized spacial score (nSPS) is 19.8. The van der Waals surface area contributed by atoms with Crippen LogP contribution in [-0.2, 0) is 0 Å². The zero-order valence-electron chi connectivity index (χ0n) is 12.6. The van der Waals surface area contributed by atoms with Crippen molar-refractivity contribution in [3.8, 4) is 6.07 Å². The molecule has 2 aliphatic heterocycles. The molecule has 3 heterocycles. The van der Waals surface area contributed by atoms with Crippen molar-refractivity contribution in [2.45, 2.75) is 31.7 Å². The number of nitriles is 1. The average Bonchev–Trinajstić information content (AvgIpc) is 3.11. The van der Waals surface area contributed by atoms with E-state index in [0.717, 1.165) is 24.9 Å². The van der Waals surface area contributed by atoms with Gasteiger partial charge in [0.05, 0.1) is 12.7 Å². The standard InChI is InChI=1S/C15H20N4.CH3F/c16-11-13-3-4-15(17-12-13)19-9-5-14(6-10-19)18-7-1-2-8-18;1-2/h3-4,12,14H,1-2,5-10H2;1H3. The second-order valence-electron chi connectivity index (χ2n) is 5.48. The molecule has 1 aromatic heterocycles. The Morgan fingerprint density at radius 2 is 1.81 bits per heavy atom. The Bertz CT molecular complexity index is 454. The summed E-state index contributed by atoms with van der Waals surface area (Å²) in [7, 11) is 0.500. The highest BCUT2D eigenvalue weighted by Gasteiger charge is 2.26. The van der Waals surface area contributed by atoms with E-state index >= 15 is 0 Å². The topological polar surface area (TPSA) is 43.2 Å². The van der Waals surface area contributed by atoms with Gasteiger partial charge in [0.15, 0.2) is 0 Å². The third-order valence-electron chi connectivity index (χ3n) is 4.32. The molecule has 0 aliphatic carbocycles. The summed E-state index contributed by atoms with van der Waals surface area (Å²) >= 11 is 0. The maximum absolute atomic E-state index is 9.50. The van der Waals surface area contributed by atoms with E-state index in [0.29, 0.717) is 12.7 Å². The maximum atomic E-state index is 9.50. The van der Waals surface area contributed by atoms with E-state index in [9.17, 15) is 4.39 Å². The Morgan fingerprint density at radius 3 is 2.33 bits per heavy atom. The van der Waals surface area contributed by atoms with Crippen molar-refractivity contribution < 1.29 is 4.39 Å². The quantitative estimate of drug-likeness (QED) is 0.839. The van der Waals surface area contributed by atoms with Crippen molar-refractivity contribution in [1.29, 1.82) is 5.26 Å². The van der Waals surface area contributed by atoms with Crippen LogP contribution in [0.25, 0.3) is 0 Å². The summed E-state index contributed by atoms with van der Waals surface area (Å²) < 4.78 is 9.50. The first kappa shape index (κ1) is 15.7. The van der Waals surface area contributed by atoms with Gasteiger partial charge in [-0.2, -0.15) is 5.26 Å². The Morgan fingerprint density at radius 1 is 1.14 bits per heavy atom. The molecule has 2 aliphatic rings. The second-order valence-corrected chi connectivity index (χ2v) is 5.48. The molecule has 0 aromatic carbocycles. The van der Waals surface area contributed by atoms with Gasteiger partial charge in [-0.05, 0) is 50.9 Å². The van der Waals surface area contributed by atoms with Crippen molar-refractivity contribution in [3.63, 3.8) is 0 Å². The average molecular weight is 290 g/mol. The highest BCUT2D eigenvalue weighted by atomic mass is 19.1. The number of halogens is 1. The number of nitrogens with zero attached hydrogens (tertiary/aromatic N) is 4. The van der Waals surface area contributed by atoms with Gasteiger partial charge >= 0.3 is 0 Å². The third kappa shape index (κ3) is 3.92. The summed E-state index contributed by atoms with van der Waals surface area (Å²) in [6, 6.07) is 6.71. The Balaban J connectivity index is 0.000000774. The molecular formula is C16H23FN4. The van der Waals surface area contributed by atoms with Gasteiger partial charge in [0.2, 0.25) is 0 Å². The number of piperidine rings is 1. The molecule has 2 saturated heterocycles. The molecule has 114 valence electrons. The van der Waals surface area contributed by atoms with Crippen LogP contribution in [0.4, 0.5) is 10.2 Å². The summed E-state index contributed by atoms with van der Waals surface area (Å²) in [4.78, 5) is 9.38. The number of anilines is 1. The third-order valence-corrected chi connectivity index (χ3v) is 4.32. The fraction of sp³-hybridized carbons (Fsp3) is 0.625. The van der Waals surface area contributed by atoms with E-state index in [1.807, 2.05) is 12.1 Å². The van der Waals surface area contributed by atoms with Crippen LogP contribution in [0.15, 0.2) is 18.3 Å². The minimum Gasteiger partial charge on any atom is -0.357 e. The van der Waals surface area contributed by atoms with E-state index < -0.39 is 0 Å². The fourth-order valence-electron chi connectivity index (χ4n) is 3.21. The first-order chi connectivity index (χ1) is 10.4. The van der Waals surface area contributed by atoms with E-state index in [4.69, 9.17) is 5.26 Å². The van der Waals surface area contributed by atoms with Gasteiger partial charge in [-0.3, -0.25) is 4.39 Å². The second kappa shape index (κ2) is 7.94. The van der Waals surface area contributed by atoms with E-state index in [1.54, 1.807) is 6.20 Å². The van der Waals surface area contributed by atoms with Gasteiger partial charge in [-0.15, -0.1) is 0 Å². The molecule has 0 bridgehead atoms. The monoisotopic (exact) mass is 290 g/mol. The van der Waals surface area contributed by atoms with Gasteiger partial charge in [0.25, 0.3) is 0 Å². The lowest BCUT2D eigenvalue weighted by molar-refractivity contribution is 0.207. The van der Waals surface area contributed by atoms with E-state index in [1.165, 1.54) is 38.8 Å². The summed E-state index contributed by atoms with van der Waals surface area (Å²) in [5.41, 5.74) is 0.635. The molecule has 3 rings (SSSR count). The fourth-order valence-corrected chi connectivity index (χ4v) is 3.21. The molecule has 2 fully saturated rings. The molecule has 0 saturated carbocycles. The summed E-state index contributed by atoms with van der Waals surface area (Å²) in [5, 5.41) is 8.79. The first-order valence-electron chi connectivity index (χ1n) is 7.60.